The van der Waals surface area contributed by atoms with E-state index in [1.165, 1.54) is 0 Å². The van der Waals surface area contributed by atoms with E-state index in [-0.39, 0.29) is 18.0 Å². The van der Waals surface area contributed by atoms with E-state index in [4.69, 9.17) is 10.8 Å². The van der Waals surface area contributed by atoms with Crippen LogP contribution in [-0.2, 0) is 9.59 Å². The van der Waals surface area contributed by atoms with Crippen molar-refractivity contribution in [2.75, 3.05) is 0 Å². The molecule has 4 N–H and O–H groups in total. The first-order chi connectivity index (χ1) is 6.84. The lowest BCUT2D eigenvalue weighted by molar-refractivity contribution is -0.142. The maximum absolute atomic E-state index is 11.3. The van der Waals surface area contributed by atoms with E-state index < -0.39 is 11.9 Å². The van der Waals surface area contributed by atoms with E-state index in [0.29, 0.717) is 12.8 Å². The molecule has 0 spiro atoms. The molecule has 0 saturated heterocycles. The molecule has 0 aliphatic rings. The predicted octanol–water partition coefficient (Wildman–Crippen LogP) is 0.339. The van der Waals surface area contributed by atoms with Crippen LogP contribution in [0.25, 0.3) is 0 Å². The number of hydrogen-bond donors (Lipinski definition) is 3. The highest BCUT2D eigenvalue weighted by Gasteiger charge is 2.20. The van der Waals surface area contributed by atoms with Gasteiger partial charge in [0.2, 0.25) is 5.91 Å². The van der Waals surface area contributed by atoms with E-state index >= 15 is 0 Å². The molecule has 3 atom stereocenters. The largest absolute Gasteiger partial charge is 0.481 e. The van der Waals surface area contributed by atoms with Crippen molar-refractivity contribution in [1.82, 2.24) is 5.32 Å². The Kier molecular flexibility index (Phi) is 5.93. The zero-order valence-corrected chi connectivity index (χ0v) is 9.49. The second kappa shape index (κ2) is 6.40. The van der Waals surface area contributed by atoms with Crippen LogP contribution >= 0.6 is 0 Å². The molecule has 0 aromatic carbocycles. The third-order valence-corrected chi connectivity index (χ3v) is 2.35. The minimum atomic E-state index is -0.907. The monoisotopic (exact) mass is 216 g/mol. The SMILES string of the molecule is CC(N)CCC(=O)NC(C)C(C)C(=O)O. The lowest BCUT2D eigenvalue weighted by atomic mass is 10.0. The topological polar surface area (TPSA) is 92.4 Å². The first-order valence-electron chi connectivity index (χ1n) is 5.12. The molecule has 0 saturated carbocycles. The Hall–Kier alpha value is -1.10. The lowest BCUT2D eigenvalue weighted by Gasteiger charge is -2.17. The van der Waals surface area contributed by atoms with Crippen LogP contribution in [0.15, 0.2) is 0 Å². The van der Waals surface area contributed by atoms with Crippen LogP contribution < -0.4 is 11.1 Å². The Morgan fingerprint density at radius 1 is 1.33 bits per heavy atom. The van der Waals surface area contributed by atoms with Crippen molar-refractivity contribution in [3.63, 3.8) is 0 Å². The molecular weight excluding hydrogens is 196 g/mol. The molecule has 5 nitrogen and oxygen atoms in total. The van der Waals surface area contributed by atoms with Gasteiger partial charge < -0.3 is 16.2 Å². The summed E-state index contributed by atoms with van der Waals surface area (Å²) in [4.78, 5) is 21.9. The number of amides is 1. The van der Waals surface area contributed by atoms with Crippen molar-refractivity contribution in [3.05, 3.63) is 0 Å². The average molecular weight is 216 g/mol. The highest BCUT2D eigenvalue weighted by Crippen LogP contribution is 2.03. The van der Waals surface area contributed by atoms with E-state index in [0.717, 1.165) is 0 Å². The highest BCUT2D eigenvalue weighted by molar-refractivity contribution is 5.77. The minimum absolute atomic E-state index is 0.0112. The first-order valence-corrected chi connectivity index (χ1v) is 5.12. The number of carboxylic acid groups (broad SMARTS) is 1. The van der Waals surface area contributed by atoms with Crippen molar-refractivity contribution in [3.8, 4) is 0 Å². The van der Waals surface area contributed by atoms with E-state index in [2.05, 4.69) is 5.32 Å². The van der Waals surface area contributed by atoms with E-state index in [1.807, 2.05) is 6.92 Å². The fourth-order valence-corrected chi connectivity index (χ4v) is 1.02. The van der Waals surface area contributed by atoms with Crippen LogP contribution in [0.5, 0.6) is 0 Å². The van der Waals surface area contributed by atoms with Crippen LogP contribution in [0.3, 0.4) is 0 Å². The van der Waals surface area contributed by atoms with Gasteiger partial charge in [0, 0.05) is 18.5 Å². The van der Waals surface area contributed by atoms with Gasteiger partial charge in [-0.1, -0.05) is 0 Å². The second-order valence-electron chi connectivity index (χ2n) is 4.00. The van der Waals surface area contributed by atoms with Gasteiger partial charge in [-0.3, -0.25) is 9.59 Å². The Bertz CT molecular complexity index is 229. The van der Waals surface area contributed by atoms with E-state index in [9.17, 15) is 9.59 Å². The average Bonchev–Trinajstić information content (AvgIpc) is 2.13. The number of aliphatic carboxylic acids is 1. The number of carbonyl (C=O) groups is 2. The van der Waals surface area contributed by atoms with Gasteiger partial charge in [-0.2, -0.15) is 0 Å². The van der Waals surface area contributed by atoms with E-state index in [1.54, 1.807) is 13.8 Å². The summed E-state index contributed by atoms with van der Waals surface area (Å²) in [6.45, 7) is 5.08. The smallest absolute Gasteiger partial charge is 0.308 e. The summed E-state index contributed by atoms with van der Waals surface area (Å²) < 4.78 is 0. The van der Waals surface area contributed by atoms with Crippen molar-refractivity contribution >= 4 is 11.9 Å². The van der Waals surface area contributed by atoms with Crippen molar-refractivity contribution < 1.29 is 14.7 Å². The highest BCUT2D eigenvalue weighted by atomic mass is 16.4. The molecule has 0 aliphatic heterocycles. The molecule has 15 heavy (non-hydrogen) atoms. The fourth-order valence-electron chi connectivity index (χ4n) is 1.02. The Labute approximate surface area is 90.0 Å². The first kappa shape index (κ1) is 13.9. The van der Waals surface area contributed by atoms with Gasteiger partial charge in [-0.05, 0) is 27.2 Å². The van der Waals surface area contributed by atoms with Crippen molar-refractivity contribution in [2.45, 2.75) is 45.7 Å². The fraction of sp³-hybridized carbons (Fsp3) is 0.800. The molecule has 0 rings (SSSR count). The molecule has 0 aromatic rings. The summed E-state index contributed by atoms with van der Waals surface area (Å²) >= 11 is 0. The van der Waals surface area contributed by atoms with Crippen molar-refractivity contribution in [1.29, 1.82) is 0 Å². The van der Waals surface area contributed by atoms with Crippen molar-refractivity contribution in [2.24, 2.45) is 11.7 Å². The van der Waals surface area contributed by atoms with Gasteiger partial charge in [0.25, 0.3) is 0 Å². The van der Waals surface area contributed by atoms with Gasteiger partial charge >= 0.3 is 5.97 Å². The zero-order valence-electron chi connectivity index (χ0n) is 9.49. The Morgan fingerprint density at radius 2 is 1.87 bits per heavy atom. The van der Waals surface area contributed by atoms with Crippen LogP contribution in [-0.4, -0.2) is 29.1 Å². The number of nitrogens with two attached hydrogens (primary N) is 1. The molecule has 0 fully saturated rings. The van der Waals surface area contributed by atoms with Gasteiger partial charge in [0.1, 0.15) is 0 Å². The number of nitrogens with one attached hydrogen (secondary N) is 1. The molecule has 1 amide bonds. The lowest BCUT2D eigenvalue weighted by Crippen LogP contribution is -2.40. The standard InChI is InChI=1S/C10H20N2O3/c1-6(11)4-5-9(13)12-8(3)7(2)10(14)15/h6-8H,4-5,11H2,1-3H3,(H,12,13)(H,14,15). The third-order valence-electron chi connectivity index (χ3n) is 2.35. The maximum Gasteiger partial charge on any atom is 0.308 e. The number of carboxylic acids is 1. The summed E-state index contributed by atoms with van der Waals surface area (Å²) in [6, 6.07) is -0.369. The molecular formula is C10H20N2O3. The number of rotatable bonds is 6. The van der Waals surface area contributed by atoms with Gasteiger partial charge in [-0.25, -0.2) is 0 Å². The Morgan fingerprint density at radius 3 is 2.27 bits per heavy atom. The molecule has 88 valence electrons. The summed E-state index contributed by atoms with van der Waals surface area (Å²) in [5.41, 5.74) is 5.51. The van der Waals surface area contributed by atoms with Crippen LogP contribution in [0.2, 0.25) is 0 Å². The van der Waals surface area contributed by atoms with Crippen LogP contribution in [0.4, 0.5) is 0 Å². The molecule has 0 aromatic heterocycles. The maximum atomic E-state index is 11.3. The molecule has 0 radical (unpaired) electrons. The zero-order chi connectivity index (χ0) is 12.0. The summed E-state index contributed by atoms with van der Waals surface area (Å²) in [7, 11) is 0. The minimum Gasteiger partial charge on any atom is -0.481 e. The molecule has 0 heterocycles. The summed E-state index contributed by atoms with van der Waals surface area (Å²) in [5.74, 6) is -1.63. The quantitative estimate of drug-likeness (QED) is 0.597. The Balaban J connectivity index is 3.91. The summed E-state index contributed by atoms with van der Waals surface area (Å²) in [5, 5.41) is 11.4. The molecule has 3 unspecified atom stereocenters. The normalized spacial score (nSPS) is 16.5. The van der Waals surface area contributed by atoms with Gasteiger partial charge in [0.05, 0.1) is 5.92 Å². The molecule has 0 bridgehead atoms. The third kappa shape index (κ3) is 6.06. The van der Waals surface area contributed by atoms with Gasteiger partial charge in [0.15, 0.2) is 0 Å². The van der Waals surface area contributed by atoms with Crippen LogP contribution in [0.1, 0.15) is 33.6 Å². The summed E-state index contributed by atoms with van der Waals surface area (Å²) in [6.07, 6.45) is 0.953. The predicted molar refractivity (Wildman–Crippen MR) is 57.3 cm³/mol. The number of carbonyl (C=O) groups excluding carboxylic acids is 1. The molecule has 5 heteroatoms. The van der Waals surface area contributed by atoms with Crippen LogP contribution in [0, 0.1) is 5.92 Å². The number of hydrogen-bond acceptors (Lipinski definition) is 3. The second-order valence-corrected chi connectivity index (χ2v) is 4.00. The van der Waals surface area contributed by atoms with Gasteiger partial charge in [-0.15, -0.1) is 0 Å². The molecule has 0 aliphatic carbocycles.